The molecule has 3 N–H and O–H groups in total. The fourth-order valence-electron chi connectivity index (χ4n) is 1.83. The van der Waals surface area contributed by atoms with Crippen molar-refractivity contribution in [1.29, 1.82) is 0 Å². The van der Waals surface area contributed by atoms with Crippen molar-refractivity contribution in [3.63, 3.8) is 0 Å². The minimum Gasteiger partial charge on any atom is -0.479 e. The molecule has 0 unspecified atom stereocenters. The van der Waals surface area contributed by atoms with Crippen LogP contribution in [-0.2, 0) is 0 Å². The number of rotatable bonds is 3. The second-order valence-corrected chi connectivity index (χ2v) is 4.15. The van der Waals surface area contributed by atoms with Crippen molar-refractivity contribution in [1.82, 2.24) is 9.97 Å². The Balaban J connectivity index is 2.34. The molecule has 0 aliphatic heterocycles. The number of methoxy groups -OCH3 is 1. The molecule has 0 saturated heterocycles. The van der Waals surface area contributed by atoms with Crippen LogP contribution >= 0.6 is 0 Å². The predicted octanol–water partition coefficient (Wildman–Crippen LogP) is 2.43. The highest BCUT2D eigenvalue weighted by molar-refractivity contribution is 5.72. The molecule has 0 spiro atoms. The van der Waals surface area contributed by atoms with Gasteiger partial charge >= 0.3 is 0 Å². The lowest BCUT2D eigenvalue weighted by atomic mass is 10.1. The first kappa shape index (κ1) is 12.2. The van der Waals surface area contributed by atoms with Crippen LogP contribution in [0.3, 0.4) is 0 Å². The number of nitrogens with two attached hydrogens (primary N) is 1. The van der Waals surface area contributed by atoms with Gasteiger partial charge in [-0.15, -0.1) is 0 Å². The Labute approximate surface area is 106 Å². The molecule has 0 fully saturated rings. The highest BCUT2D eigenvalue weighted by atomic mass is 16.5. The lowest BCUT2D eigenvalue weighted by Gasteiger charge is -2.11. The van der Waals surface area contributed by atoms with E-state index in [4.69, 9.17) is 10.5 Å². The van der Waals surface area contributed by atoms with E-state index in [2.05, 4.69) is 21.4 Å². The third-order valence-electron chi connectivity index (χ3n) is 2.53. The first-order chi connectivity index (χ1) is 8.60. The topological polar surface area (TPSA) is 73.1 Å². The number of aromatic nitrogens is 2. The van der Waals surface area contributed by atoms with Gasteiger partial charge in [-0.25, -0.2) is 4.98 Å². The summed E-state index contributed by atoms with van der Waals surface area (Å²) in [6.07, 6.45) is 1.42. The molecule has 18 heavy (non-hydrogen) atoms. The molecule has 1 heterocycles. The number of nitrogens with zero attached hydrogens (tertiary/aromatic N) is 2. The Morgan fingerprint density at radius 1 is 1.11 bits per heavy atom. The summed E-state index contributed by atoms with van der Waals surface area (Å²) in [4.78, 5) is 8.05. The highest BCUT2D eigenvalue weighted by Gasteiger charge is 2.08. The van der Waals surface area contributed by atoms with E-state index in [1.54, 1.807) is 0 Å². The third kappa shape index (κ3) is 2.51. The van der Waals surface area contributed by atoms with Crippen LogP contribution in [0.4, 0.5) is 17.2 Å². The molecule has 0 aliphatic carbocycles. The van der Waals surface area contributed by atoms with Gasteiger partial charge in [-0.1, -0.05) is 6.07 Å². The van der Waals surface area contributed by atoms with Crippen molar-refractivity contribution < 1.29 is 4.74 Å². The molecular formula is C13H16N4O. The number of hydrogen-bond donors (Lipinski definition) is 2. The molecular weight excluding hydrogens is 228 g/mol. The molecule has 0 atom stereocenters. The Kier molecular flexibility index (Phi) is 3.32. The first-order valence-corrected chi connectivity index (χ1v) is 5.60. The molecule has 0 saturated carbocycles. The van der Waals surface area contributed by atoms with E-state index in [0.717, 1.165) is 5.69 Å². The number of nitrogens with one attached hydrogen (secondary N) is 1. The SMILES string of the molecule is COc1ncnc(Nc2cc(C)cc(C)c2)c1N. The van der Waals surface area contributed by atoms with Gasteiger partial charge < -0.3 is 15.8 Å². The van der Waals surface area contributed by atoms with Crippen molar-refractivity contribution in [2.75, 3.05) is 18.2 Å². The van der Waals surface area contributed by atoms with E-state index in [1.165, 1.54) is 24.6 Å². The van der Waals surface area contributed by atoms with Crippen molar-refractivity contribution in [3.05, 3.63) is 35.7 Å². The third-order valence-corrected chi connectivity index (χ3v) is 2.53. The number of benzene rings is 1. The van der Waals surface area contributed by atoms with Gasteiger partial charge in [0.25, 0.3) is 0 Å². The number of ether oxygens (including phenoxy) is 1. The van der Waals surface area contributed by atoms with Crippen LogP contribution in [0.25, 0.3) is 0 Å². The van der Waals surface area contributed by atoms with E-state index in [1.807, 2.05) is 26.0 Å². The number of aryl methyl sites for hydroxylation is 2. The van der Waals surface area contributed by atoms with Gasteiger partial charge in [0.1, 0.15) is 12.0 Å². The van der Waals surface area contributed by atoms with Crippen LogP contribution in [0, 0.1) is 13.8 Å². The second-order valence-electron chi connectivity index (χ2n) is 4.15. The van der Waals surface area contributed by atoms with E-state index >= 15 is 0 Å². The Morgan fingerprint density at radius 3 is 2.39 bits per heavy atom. The maximum absolute atomic E-state index is 5.91. The zero-order valence-corrected chi connectivity index (χ0v) is 10.7. The monoisotopic (exact) mass is 244 g/mol. The zero-order chi connectivity index (χ0) is 13.1. The van der Waals surface area contributed by atoms with E-state index in [-0.39, 0.29) is 0 Å². The van der Waals surface area contributed by atoms with Crippen LogP contribution in [0.15, 0.2) is 24.5 Å². The average Bonchev–Trinajstić information content (AvgIpc) is 2.30. The van der Waals surface area contributed by atoms with Gasteiger partial charge in [-0.05, 0) is 37.1 Å². The Hall–Kier alpha value is -2.30. The summed E-state index contributed by atoms with van der Waals surface area (Å²) in [6.45, 7) is 4.09. The number of nitrogen functional groups attached to an aromatic ring is 1. The molecule has 94 valence electrons. The normalized spacial score (nSPS) is 10.2. The summed E-state index contributed by atoms with van der Waals surface area (Å²) in [5.74, 6) is 0.920. The second kappa shape index (κ2) is 4.91. The predicted molar refractivity (Wildman–Crippen MR) is 72.2 cm³/mol. The molecule has 0 amide bonds. The summed E-state index contributed by atoms with van der Waals surface area (Å²) in [6, 6.07) is 6.16. The van der Waals surface area contributed by atoms with Gasteiger partial charge in [-0.3, -0.25) is 0 Å². The van der Waals surface area contributed by atoms with Crippen LogP contribution in [-0.4, -0.2) is 17.1 Å². The fraction of sp³-hybridized carbons (Fsp3) is 0.231. The van der Waals surface area contributed by atoms with Crippen LogP contribution in [0.5, 0.6) is 5.88 Å². The molecule has 5 heteroatoms. The Morgan fingerprint density at radius 2 is 1.78 bits per heavy atom. The molecule has 2 aromatic rings. The Bertz CT molecular complexity index is 549. The summed E-state index contributed by atoms with van der Waals surface area (Å²) in [5, 5.41) is 3.17. The van der Waals surface area contributed by atoms with Gasteiger partial charge in [-0.2, -0.15) is 4.98 Å². The van der Waals surface area contributed by atoms with E-state index in [0.29, 0.717) is 17.4 Å². The van der Waals surface area contributed by atoms with Crippen molar-refractivity contribution >= 4 is 17.2 Å². The molecule has 0 bridgehead atoms. The first-order valence-electron chi connectivity index (χ1n) is 5.60. The van der Waals surface area contributed by atoms with E-state index in [9.17, 15) is 0 Å². The molecule has 2 rings (SSSR count). The van der Waals surface area contributed by atoms with Crippen LogP contribution in [0.2, 0.25) is 0 Å². The minimum absolute atomic E-state index is 0.372. The number of hydrogen-bond acceptors (Lipinski definition) is 5. The zero-order valence-electron chi connectivity index (χ0n) is 10.7. The molecule has 1 aromatic heterocycles. The highest BCUT2D eigenvalue weighted by Crippen LogP contribution is 2.27. The summed E-state index contributed by atoms with van der Waals surface area (Å²) >= 11 is 0. The standard InChI is InChI=1S/C13H16N4O/c1-8-4-9(2)6-10(5-8)17-12-11(14)13(18-3)16-7-15-12/h4-7H,14H2,1-3H3,(H,15,16,17). The van der Waals surface area contributed by atoms with Crippen molar-refractivity contribution in [2.45, 2.75) is 13.8 Å². The molecule has 1 aromatic carbocycles. The maximum atomic E-state index is 5.91. The largest absolute Gasteiger partial charge is 0.479 e. The van der Waals surface area contributed by atoms with Crippen molar-refractivity contribution in [3.8, 4) is 5.88 Å². The van der Waals surface area contributed by atoms with Crippen LogP contribution < -0.4 is 15.8 Å². The fourth-order valence-corrected chi connectivity index (χ4v) is 1.83. The van der Waals surface area contributed by atoms with Gasteiger partial charge in [0, 0.05) is 5.69 Å². The van der Waals surface area contributed by atoms with Crippen molar-refractivity contribution in [2.24, 2.45) is 0 Å². The van der Waals surface area contributed by atoms with Gasteiger partial charge in [0.15, 0.2) is 5.82 Å². The molecule has 0 radical (unpaired) electrons. The van der Waals surface area contributed by atoms with E-state index < -0.39 is 0 Å². The van der Waals surface area contributed by atoms with Gasteiger partial charge in [0.05, 0.1) is 7.11 Å². The maximum Gasteiger partial charge on any atom is 0.242 e. The molecule has 0 aliphatic rings. The minimum atomic E-state index is 0.372. The smallest absolute Gasteiger partial charge is 0.242 e. The number of anilines is 3. The molecule has 5 nitrogen and oxygen atoms in total. The summed E-state index contributed by atoms with van der Waals surface area (Å²) < 4.78 is 5.05. The average molecular weight is 244 g/mol. The summed E-state index contributed by atoms with van der Waals surface area (Å²) in [5.41, 5.74) is 9.61. The van der Waals surface area contributed by atoms with Gasteiger partial charge in [0.2, 0.25) is 5.88 Å². The lowest BCUT2D eigenvalue weighted by Crippen LogP contribution is -2.03. The van der Waals surface area contributed by atoms with Crippen LogP contribution in [0.1, 0.15) is 11.1 Å². The lowest BCUT2D eigenvalue weighted by molar-refractivity contribution is 0.399. The summed E-state index contributed by atoms with van der Waals surface area (Å²) in [7, 11) is 1.53. The quantitative estimate of drug-likeness (QED) is 0.867.